The molecule has 0 saturated carbocycles. The fourth-order valence-electron chi connectivity index (χ4n) is 7.27. The van der Waals surface area contributed by atoms with Crippen LogP contribution in [-0.2, 0) is 49.4 Å². The summed E-state index contributed by atoms with van der Waals surface area (Å²) in [4.78, 5) is 17.1. The second kappa shape index (κ2) is 20.0. The summed E-state index contributed by atoms with van der Waals surface area (Å²) in [5, 5.41) is 0. The van der Waals surface area contributed by atoms with Crippen LogP contribution in [-0.4, -0.2) is 72.3 Å². The molecule has 0 atom stereocenters. The molecular formula is C39H30F24N8. The van der Waals surface area contributed by atoms with Gasteiger partial charge in [-0.2, -0.15) is 105 Å². The average molecular weight is 1070 g/mol. The summed E-state index contributed by atoms with van der Waals surface area (Å²) >= 11 is 0. The molecule has 1 saturated heterocycles. The normalized spacial score (nSPS) is 16.6. The SMILES string of the molecule is FC(F)(F)c1cnc(N2CCCN(c3cc(C(F)(F)F)c(C(F)(F)F)cn3)CCCN(c3cc(C(F)(F)F)c(C(F)(F)F)cn3)CCN(c3cc(C(F)(F)F)c(C(F)(F)F)cn3)CCC2)cc1C(F)(F)F. The van der Waals surface area contributed by atoms with E-state index in [-0.39, 0.29) is 49.1 Å². The number of hydrogen-bond donors (Lipinski definition) is 0. The second-order valence-electron chi connectivity index (χ2n) is 15.3. The molecular weight excluding hydrogens is 1040 g/mol. The quantitative estimate of drug-likeness (QED) is 0.187. The molecule has 5 rings (SSSR count). The van der Waals surface area contributed by atoms with E-state index in [2.05, 4.69) is 19.9 Å². The first-order valence-electron chi connectivity index (χ1n) is 19.9. The van der Waals surface area contributed by atoms with Crippen molar-refractivity contribution in [2.24, 2.45) is 0 Å². The van der Waals surface area contributed by atoms with Crippen LogP contribution in [0.25, 0.3) is 0 Å². The first-order valence-corrected chi connectivity index (χ1v) is 19.9. The molecule has 1 aliphatic heterocycles. The van der Waals surface area contributed by atoms with Crippen molar-refractivity contribution in [3.63, 3.8) is 0 Å². The summed E-state index contributed by atoms with van der Waals surface area (Å²) in [7, 11) is 0. The third kappa shape index (κ3) is 14.0. The summed E-state index contributed by atoms with van der Waals surface area (Å²) in [6.07, 6.45) is -48.0. The molecule has 32 heteroatoms. The molecule has 71 heavy (non-hydrogen) atoms. The minimum atomic E-state index is -5.75. The number of alkyl halides is 24. The van der Waals surface area contributed by atoms with Gasteiger partial charge in [-0.15, -0.1) is 0 Å². The Bertz CT molecular complexity index is 2300. The molecule has 0 amide bonds. The highest BCUT2D eigenvalue weighted by molar-refractivity contribution is 5.51. The summed E-state index contributed by atoms with van der Waals surface area (Å²) < 4.78 is 333. The number of nitrogens with zero attached hydrogens (tertiary/aromatic N) is 8. The molecule has 8 nitrogen and oxygen atoms in total. The highest BCUT2D eigenvalue weighted by Crippen LogP contribution is 2.45. The second-order valence-corrected chi connectivity index (χ2v) is 15.3. The van der Waals surface area contributed by atoms with Crippen LogP contribution in [0.15, 0.2) is 49.1 Å². The fraction of sp³-hybridized carbons (Fsp3) is 0.487. The zero-order valence-electron chi connectivity index (χ0n) is 35.0. The van der Waals surface area contributed by atoms with E-state index in [0.29, 0.717) is 0 Å². The monoisotopic (exact) mass is 1070 g/mol. The summed E-state index contributed by atoms with van der Waals surface area (Å²) in [5.74, 6) is -3.62. The Labute approximate surface area is 382 Å². The summed E-state index contributed by atoms with van der Waals surface area (Å²) in [6, 6.07) is -0.268. The number of rotatable bonds is 4. The van der Waals surface area contributed by atoms with E-state index in [9.17, 15) is 105 Å². The van der Waals surface area contributed by atoms with Crippen LogP contribution in [0.5, 0.6) is 0 Å². The molecule has 0 spiro atoms. The third-order valence-electron chi connectivity index (χ3n) is 10.5. The molecule has 0 radical (unpaired) electrons. The van der Waals surface area contributed by atoms with Gasteiger partial charge in [-0.05, 0) is 43.5 Å². The summed E-state index contributed by atoms with van der Waals surface area (Å²) in [5.41, 5.74) is -18.3. The van der Waals surface area contributed by atoms with E-state index in [1.807, 2.05) is 0 Å². The van der Waals surface area contributed by atoms with Crippen molar-refractivity contribution in [1.29, 1.82) is 0 Å². The Morgan fingerprint density at radius 1 is 0.239 bits per heavy atom. The van der Waals surface area contributed by atoms with Crippen LogP contribution in [0.2, 0.25) is 0 Å². The Morgan fingerprint density at radius 2 is 0.394 bits per heavy atom. The minimum Gasteiger partial charge on any atom is -0.356 e. The van der Waals surface area contributed by atoms with Gasteiger partial charge in [-0.25, -0.2) is 19.9 Å². The molecule has 0 bridgehead atoms. The van der Waals surface area contributed by atoms with Crippen LogP contribution < -0.4 is 19.6 Å². The first-order chi connectivity index (χ1) is 32.3. The van der Waals surface area contributed by atoms with Crippen molar-refractivity contribution in [1.82, 2.24) is 19.9 Å². The Morgan fingerprint density at radius 3 is 0.549 bits per heavy atom. The van der Waals surface area contributed by atoms with E-state index in [4.69, 9.17) is 0 Å². The predicted molar refractivity (Wildman–Crippen MR) is 200 cm³/mol. The lowest BCUT2D eigenvalue weighted by Crippen LogP contribution is -2.39. The van der Waals surface area contributed by atoms with Gasteiger partial charge in [0.05, 0.1) is 44.5 Å². The van der Waals surface area contributed by atoms with E-state index in [0.717, 1.165) is 19.6 Å². The van der Waals surface area contributed by atoms with Gasteiger partial charge in [0.1, 0.15) is 23.3 Å². The van der Waals surface area contributed by atoms with Crippen molar-refractivity contribution in [3.8, 4) is 0 Å². The lowest BCUT2D eigenvalue weighted by Gasteiger charge is -2.31. The number of aromatic nitrogens is 4. The topological polar surface area (TPSA) is 64.5 Å². The lowest BCUT2D eigenvalue weighted by molar-refractivity contribution is -0.162. The van der Waals surface area contributed by atoms with E-state index in [1.165, 1.54) is 0 Å². The Hall–Kier alpha value is -5.88. The third-order valence-corrected chi connectivity index (χ3v) is 10.5. The van der Waals surface area contributed by atoms with Gasteiger partial charge in [0.15, 0.2) is 0 Å². The molecule has 4 aromatic rings. The number of halogens is 24. The molecule has 394 valence electrons. The van der Waals surface area contributed by atoms with Crippen LogP contribution in [0.3, 0.4) is 0 Å². The Balaban J connectivity index is 1.69. The lowest BCUT2D eigenvalue weighted by atomic mass is 10.1. The van der Waals surface area contributed by atoms with E-state index in [1.54, 1.807) is 0 Å². The van der Waals surface area contributed by atoms with E-state index >= 15 is 0 Å². The molecule has 0 N–H and O–H groups in total. The van der Waals surface area contributed by atoms with E-state index < -0.39 is 189 Å². The average Bonchev–Trinajstić information content (AvgIpc) is 3.22. The van der Waals surface area contributed by atoms with Crippen LogP contribution in [0.1, 0.15) is 63.8 Å². The highest BCUT2D eigenvalue weighted by Gasteiger charge is 2.48. The fourth-order valence-corrected chi connectivity index (χ4v) is 7.27. The van der Waals surface area contributed by atoms with Gasteiger partial charge >= 0.3 is 49.4 Å². The van der Waals surface area contributed by atoms with Gasteiger partial charge < -0.3 is 19.6 Å². The maximum Gasteiger partial charge on any atom is 0.418 e. The first kappa shape index (κ1) is 56.0. The zero-order chi connectivity index (χ0) is 53.5. The zero-order valence-corrected chi connectivity index (χ0v) is 35.0. The standard InChI is InChI=1S/C39H30F24N8/c40-32(41,42)20-12-28(64-16-24(20)36(52,53)54)68-4-1-5-69(29-13-21(33(43,44)45)25(17-65-29)37(55,56)57)7-3-9-71(31-15-23(35(49,50)51)27(19-67-31)39(61,62)63)11-10-70(8-2-6-68)30-14-22(34(46,47)48)26(18-66-30)38(58,59)60/h12-19H,1-11H2. The molecule has 0 unspecified atom stereocenters. The van der Waals surface area contributed by atoms with Crippen LogP contribution >= 0.6 is 0 Å². The van der Waals surface area contributed by atoms with Crippen molar-refractivity contribution < 1.29 is 105 Å². The van der Waals surface area contributed by atoms with Gasteiger partial charge in [0, 0.05) is 77.1 Å². The number of anilines is 4. The molecule has 1 fully saturated rings. The number of pyridine rings is 4. The van der Waals surface area contributed by atoms with Gasteiger partial charge in [0.25, 0.3) is 0 Å². The van der Waals surface area contributed by atoms with Gasteiger partial charge in [0.2, 0.25) is 0 Å². The molecule has 0 aromatic carbocycles. The van der Waals surface area contributed by atoms with Crippen molar-refractivity contribution in [3.05, 3.63) is 93.6 Å². The van der Waals surface area contributed by atoms with Crippen molar-refractivity contribution >= 4 is 23.3 Å². The summed E-state index contributed by atoms with van der Waals surface area (Å²) in [6.45, 7) is -5.69. The molecule has 1 aliphatic rings. The molecule has 0 aliphatic carbocycles. The van der Waals surface area contributed by atoms with Crippen molar-refractivity contribution in [2.75, 3.05) is 72.0 Å². The number of hydrogen-bond acceptors (Lipinski definition) is 8. The molecule has 5 heterocycles. The minimum absolute atomic E-state index is 0.0449. The predicted octanol–water partition coefficient (Wildman–Crippen LogP) is 12.9. The van der Waals surface area contributed by atoms with Crippen LogP contribution in [0, 0.1) is 0 Å². The largest absolute Gasteiger partial charge is 0.418 e. The van der Waals surface area contributed by atoms with Gasteiger partial charge in [-0.3, -0.25) is 0 Å². The highest BCUT2D eigenvalue weighted by atomic mass is 19.4. The maximum absolute atomic E-state index is 14.1. The maximum atomic E-state index is 14.1. The Kier molecular flexibility index (Phi) is 15.8. The van der Waals surface area contributed by atoms with Crippen molar-refractivity contribution in [2.45, 2.75) is 68.7 Å². The van der Waals surface area contributed by atoms with Crippen LogP contribution in [0.4, 0.5) is 129 Å². The smallest absolute Gasteiger partial charge is 0.356 e. The molecule has 4 aromatic heterocycles. The van der Waals surface area contributed by atoms with Gasteiger partial charge in [-0.1, -0.05) is 0 Å².